The second-order valence-corrected chi connectivity index (χ2v) is 13.1. The van der Waals surface area contributed by atoms with E-state index in [0.717, 1.165) is 60.8 Å². The van der Waals surface area contributed by atoms with Crippen molar-refractivity contribution in [2.75, 3.05) is 0 Å². The Labute approximate surface area is 287 Å². The minimum atomic E-state index is 0.867. The van der Waals surface area contributed by atoms with Gasteiger partial charge in [-0.1, -0.05) is 127 Å². The molecule has 3 nitrogen and oxygen atoms in total. The normalized spacial score (nSPS) is 12.0. The number of pyridine rings is 1. The van der Waals surface area contributed by atoms with Crippen LogP contribution in [0.2, 0.25) is 0 Å². The number of aromatic nitrogens is 2. The molecule has 232 valence electrons. The van der Waals surface area contributed by atoms with E-state index in [0.29, 0.717) is 0 Å². The van der Waals surface area contributed by atoms with Gasteiger partial charge in [0.15, 0.2) is 5.58 Å². The van der Waals surface area contributed by atoms with E-state index in [1.807, 2.05) is 12.1 Å². The zero-order chi connectivity index (χ0) is 32.8. The van der Waals surface area contributed by atoms with E-state index in [-0.39, 0.29) is 0 Å². The zero-order valence-electron chi connectivity index (χ0n) is 27.0. The van der Waals surface area contributed by atoms with Gasteiger partial charge < -0.3 is 8.98 Å². The van der Waals surface area contributed by atoms with Crippen molar-refractivity contribution in [1.29, 1.82) is 0 Å². The third-order valence-corrected chi connectivity index (χ3v) is 10.4. The van der Waals surface area contributed by atoms with Crippen molar-refractivity contribution in [2.24, 2.45) is 0 Å². The number of hydrogen-bond acceptors (Lipinski definition) is 2. The van der Waals surface area contributed by atoms with Gasteiger partial charge in [0, 0.05) is 22.0 Å². The lowest BCUT2D eigenvalue weighted by molar-refractivity contribution is 0.676. The summed E-state index contributed by atoms with van der Waals surface area (Å²) in [6.07, 6.45) is 0. The maximum Gasteiger partial charge on any atom is 0.161 e. The highest BCUT2D eigenvalue weighted by atomic mass is 16.3. The molecule has 3 heteroatoms. The lowest BCUT2D eigenvalue weighted by atomic mass is 9.92. The number of rotatable bonds is 3. The molecule has 0 atom stereocenters. The summed E-state index contributed by atoms with van der Waals surface area (Å²) in [5.41, 5.74) is 10.2. The third kappa shape index (κ3) is 3.83. The van der Waals surface area contributed by atoms with Crippen molar-refractivity contribution in [1.82, 2.24) is 9.55 Å². The molecule has 0 N–H and O–H groups in total. The quantitative estimate of drug-likeness (QED) is 0.181. The summed E-state index contributed by atoms with van der Waals surface area (Å²) in [5, 5.41) is 10.8. The van der Waals surface area contributed by atoms with Crippen LogP contribution in [0.15, 0.2) is 174 Å². The molecule has 0 aliphatic carbocycles. The van der Waals surface area contributed by atoms with E-state index in [1.165, 1.54) is 43.4 Å². The summed E-state index contributed by atoms with van der Waals surface area (Å²) in [6.45, 7) is 0. The second-order valence-electron chi connectivity index (χ2n) is 13.1. The number of nitrogens with zero attached hydrogens (tertiary/aromatic N) is 2. The van der Waals surface area contributed by atoms with Crippen molar-refractivity contribution in [2.45, 2.75) is 0 Å². The summed E-state index contributed by atoms with van der Waals surface area (Å²) in [7, 11) is 0. The lowest BCUT2D eigenvalue weighted by Gasteiger charge is -2.13. The van der Waals surface area contributed by atoms with Gasteiger partial charge >= 0.3 is 0 Å². The van der Waals surface area contributed by atoms with E-state index < -0.39 is 0 Å². The van der Waals surface area contributed by atoms with E-state index in [4.69, 9.17) is 9.40 Å². The van der Waals surface area contributed by atoms with Crippen LogP contribution in [0.4, 0.5) is 0 Å². The number of fused-ring (bicyclic) bond motifs is 13. The van der Waals surface area contributed by atoms with Crippen LogP contribution in [0.3, 0.4) is 0 Å². The van der Waals surface area contributed by atoms with Crippen LogP contribution in [0.25, 0.3) is 104 Å². The molecule has 0 spiro atoms. The molecular weight excluding hydrogens is 609 g/mol. The van der Waals surface area contributed by atoms with E-state index in [2.05, 4.69) is 162 Å². The summed E-state index contributed by atoms with van der Waals surface area (Å²) in [6, 6.07) is 60.6. The minimum absolute atomic E-state index is 0.867. The first-order valence-corrected chi connectivity index (χ1v) is 17.1. The fourth-order valence-corrected chi connectivity index (χ4v) is 8.11. The average molecular weight is 637 g/mol. The summed E-state index contributed by atoms with van der Waals surface area (Å²) in [5.74, 6) is 0. The van der Waals surface area contributed by atoms with Crippen LogP contribution < -0.4 is 0 Å². The van der Waals surface area contributed by atoms with Crippen molar-refractivity contribution in [3.05, 3.63) is 170 Å². The zero-order valence-corrected chi connectivity index (χ0v) is 27.0. The van der Waals surface area contributed by atoms with Gasteiger partial charge in [0.1, 0.15) is 11.1 Å². The van der Waals surface area contributed by atoms with Gasteiger partial charge in [-0.3, -0.25) is 0 Å². The maximum absolute atomic E-state index is 6.88. The average Bonchev–Trinajstić information content (AvgIpc) is 3.73. The van der Waals surface area contributed by atoms with Gasteiger partial charge in [-0.15, -0.1) is 0 Å². The fourth-order valence-electron chi connectivity index (χ4n) is 8.11. The molecular formula is C47H28N2O. The third-order valence-electron chi connectivity index (χ3n) is 10.4. The van der Waals surface area contributed by atoms with Crippen molar-refractivity contribution in [3.8, 4) is 28.1 Å². The smallest absolute Gasteiger partial charge is 0.161 e. The van der Waals surface area contributed by atoms with Crippen LogP contribution in [-0.4, -0.2) is 9.55 Å². The highest BCUT2D eigenvalue weighted by molar-refractivity contribution is 6.26. The van der Waals surface area contributed by atoms with Crippen LogP contribution in [0.1, 0.15) is 0 Å². The molecule has 0 saturated carbocycles. The highest BCUT2D eigenvalue weighted by Gasteiger charge is 2.24. The topological polar surface area (TPSA) is 31.0 Å². The summed E-state index contributed by atoms with van der Waals surface area (Å²) < 4.78 is 9.23. The molecule has 3 heterocycles. The standard InChI is InChI=1S/C47H28N2O/c1-2-12-30(13-3-1)44-43-45-47(50-46(43)38-18-8-10-20-41(38)48-44)39-19-9-11-21-42(39)49(45)32-25-22-29(23-26-32)31-24-27-37-35-16-5-4-14-33(35)34-15-6-7-17-36(34)40(37)28-31/h1-28H. The summed E-state index contributed by atoms with van der Waals surface area (Å²) >= 11 is 0. The molecule has 11 rings (SSSR count). The molecule has 3 aromatic heterocycles. The number of para-hydroxylation sites is 2. The molecule has 0 aliphatic heterocycles. The second kappa shape index (κ2) is 10.4. The molecule has 0 saturated heterocycles. The SMILES string of the molecule is c1ccc(-c2nc3ccccc3c3oc4c5ccccc5n(-c5ccc(-c6ccc7c8ccccc8c8ccccc8c7c6)cc5)c4c23)cc1. The Balaban J connectivity index is 1.15. The van der Waals surface area contributed by atoms with Crippen molar-refractivity contribution >= 4 is 76.2 Å². The van der Waals surface area contributed by atoms with Crippen molar-refractivity contribution < 1.29 is 4.42 Å². The van der Waals surface area contributed by atoms with Crippen LogP contribution in [0, 0.1) is 0 Å². The predicted octanol–water partition coefficient (Wildman–Crippen LogP) is 12.9. The van der Waals surface area contributed by atoms with Gasteiger partial charge in [-0.2, -0.15) is 0 Å². The first kappa shape index (κ1) is 27.3. The molecule has 0 radical (unpaired) electrons. The van der Waals surface area contributed by atoms with Crippen LogP contribution in [-0.2, 0) is 0 Å². The molecule has 50 heavy (non-hydrogen) atoms. The Bertz CT molecular complexity index is 3100. The Morgan fingerprint density at radius 3 is 1.68 bits per heavy atom. The predicted molar refractivity (Wildman–Crippen MR) is 209 cm³/mol. The molecule has 0 fully saturated rings. The number of benzene rings is 8. The van der Waals surface area contributed by atoms with Gasteiger partial charge in [-0.05, 0) is 85.9 Å². The monoisotopic (exact) mass is 636 g/mol. The van der Waals surface area contributed by atoms with Crippen molar-refractivity contribution in [3.63, 3.8) is 0 Å². The van der Waals surface area contributed by atoms with Gasteiger partial charge in [0.2, 0.25) is 0 Å². The summed E-state index contributed by atoms with van der Waals surface area (Å²) in [4.78, 5) is 5.25. The minimum Gasteiger partial charge on any atom is -0.453 e. The maximum atomic E-state index is 6.88. The van der Waals surface area contributed by atoms with E-state index in [9.17, 15) is 0 Å². The van der Waals surface area contributed by atoms with E-state index in [1.54, 1.807) is 0 Å². The molecule has 0 aliphatic rings. The Kier molecular flexibility index (Phi) is 5.67. The molecule has 0 bridgehead atoms. The molecule has 11 aromatic rings. The Morgan fingerprint density at radius 1 is 0.400 bits per heavy atom. The highest BCUT2D eigenvalue weighted by Crippen LogP contribution is 2.45. The van der Waals surface area contributed by atoms with E-state index >= 15 is 0 Å². The van der Waals surface area contributed by atoms with Gasteiger partial charge in [0.25, 0.3) is 0 Å². The fraction of sp³-hybridized carbons (Fsp3) is 0. The van der Waals surface area contributed by atoms with Crippen LogP contribution in [0.5, 0.6) is 0 Å². The lowest BCUT2D eigenvalue weighted by Crippen LogP contribution is -1.95. The van der Waals surface area contributed by atoms with Crippen LogP contribution >= 0.6 is 0 Å². The largest absolute Gasteiger partial charge is 0.453 e. The number of furan rings is 1. The molecule has 8 aromatic carbocycles. The first-order chi connectivity index (χ1) is 24.8. The van der Waals surface area contributed by atoms with Gasteiger partial charge in [0.05, 0.1) is 22.1 Å². The first-order valence-electron chi connectivity index (χ1n) is 17.1. The molecule has 0 unspecified atom stereocenters. The molecule has 0 amide bonds. The Morgan fingerprint density at radius 2 is 0.960 bits per heavy atom. The van der Waals surface area contributed by atoms with Gasteiger partial charge in [-0.25, -0.2) is 4.98 Å². The Hall–Kier alpha value is -6.71. The number of hydrogen-bond donors (Lipinski definition) is 0.